The third kappa shape index (κ3) is 3.46. The number of hydrogen-bond donors (Lipinski definition) is 2. The Morgan fingerprint density at radius 2 is 1.77 bits per heavy atom. The number of fused-ring (bicyclic) bond motifs is 1. The topological polar surface area (TPSA) is 77.0 Å². The van der Waals surface area contributed by atoms with Gasteiger partial charge in [-0.15, -0.1) is 0 Å². The number of para-hydroxylation sites is 3. The number of aliphatic hydroxyl groups excluding tert-OH is 1. The van der Waals surface area contributed by atoms with Crippen LogP contribution in [0.3, 0.4) is 0 Å². The summed E-state index contributed by atoms with van der Waals surface area (Å²) in [6.45, 7) is 0.148. The first-order valence-electron chi connectivity index (χ1n) is 8.79. The van der Waals surface area contributed by atoms with Crippen LogP contribution in [0.4, 0.5) is 0 Å². The van der Waals surface area contributed by atoms with E-state index < -0.39 is 12.2 Å². The summed E-state index contributed by atoms with van der Waals surface area (Å²) in [5, 5.41) is 13.4. The minimum Gasteiger partial charge on any atom is -0.488 e. The number of carbonyl (C=O) groups is 1. The Bertz CT molecular complexity index is 766. The maximum atomic E-state index is 12.5. The number of amides is 1. The molecule has 0 radical (unpaired) electrons. The average Bonchev–Trinajstić information content (AvgIpc) is 3.02. The van der Waals surface area contributed by atoms with Gasteiger partial charge < -0.3 is 24.6 Å². The molecule has 6 nitrogen and oxygen atoms in total. The normalized spacial score (nSPS) is 27.0. The van der Waals surface area contributed by atoms with E-state index in [1.165, 1.54) is 0 Å². The predicted molar refractivity (Wildman–Crippen MR) is 94.4 cm³/mol. The molecule has 2 aromatic rings. The molecule has 136 valence electrons. The fourth-order valence-corrected chi connectivity index (χ4v) is 3.33. The number of carbonyl (C=O) groups excluding carboxylic acids is 1. The van der Waals surface area contributed by atoms with Crippen LogP contribution in [0.2, 0.25) is 0 Å². The van der Waals surface area contributed by atoms with Gasteiger partial charge in [-0.05, 0) is 37.1 Å². The summed E-state index contributed by atoms with van der Waals surface area (Å²) < 4.78 is 17.1. The lowest BCUT2D eigenvalue weighted by atomic mass is 10.2. The van der Waals surface area contributed by atoms with Crippen molar-refractivity contribution in [1.82, 2.24) is 5.32 Å². The van der Waals surface area contributed by atoms with Gasteiger partial charge in [-0.3, -0.25) is 4.79 Å². The molecule has 4 rings (SSSR count). The number of hydrogen-bond acceptors (Lipinski definition) is 5. The van der Waals surface area contributed by atoms with Crippen molar-refractivity contribution in [2.75, 3.05) is 6.61 Å². The Kier molecular flexibility index (Phi) is 4.67. The Hall–Kier alpha value is -2.73. The van der Waals surface area contributed by atoms with Gasteiger partial charge in [-0.1, -0.05) is 30.3 Å². The van der Waals surface area contributed by atoms with Gasteiger partial charge in [-0.2, -0.15) is 0 Å². The largest absolute Gasteiger partial charge is 0.488 e. The van der Waals surface area contributed by atoms with Crippen molar-refractivity contribution in [3.8, 4) is 17.2 Å². The summed E-state index contributed by atoms with van der Waals surface area (Å²) in [6.07, 6.45) is -0.519. The summed E-state index contributed by atoms with van der Waals surface area (Å²) in [4.78, 5) is 12.5. The monoisotopic (exact) mass is 355 g/mol. The SMILES string of the molecule is O=C(N[C@H]1CC[C@H](Oc2ccccc2)[C@H]1O)[C@H]1COc2ccccc2O1. The van der Waals surface area contributed by atoms with Gasteiger partial charge >= 0.3 is 0 Å². The first-order valence-corrected chi connectivity index (χ1v) is 8.79. The van der Waals surface area contributed by atoms with Crippen LogP contribution in [-0.4, -0.2) is 42.0 Å². The molecule has 0 bridgehead atoms. The summed E-state index contributed by atoms with van der Waals surface area (Å²) >= 11 is 0. The molecule has 1 aliphatic carbocycles. The fourth-order valence-electron chi connectivity index (χ4n) is 3.33. The summed E-state index contributed by atoms with van der Waals surface area (Å²) in [7, 11) is 0. The van der Waals surface area contributed by atoms with E-state index in [2.05, 4.69) is 5.32 Å². The molecule has 1 amide bonds. The van der Waals surface area contributed by atoms with Gasteiger partial charge in [-0.25, -0.2) is 0 Å². The molecule has 26 heavy (non-hydrogen) atoms. The third-order valence-corrected chi connectivity index (χ3v) is 4.71. The summed E-state index contributed by atoms with van der Waals surface area (Å²) in [5.74, 6) is 1.61. The fraction of sp³-hybridized carbons (Fsp3) is 0.350. The highest BCUT2D eigenvalue weighted by Gasteiger charge is 2.39. The lowest BCUT2D eigenvalue weighted by Gasteiger charge is -2.27. The number of nitrogens with one attached hydrogen (secondary N) is 1. The van der Waals surface area contributed by atoms with Gasteiger partial charge in [0.1, 0.15) is 24.6 Å². The van der Waals surface area contributed by atoms with Crippen LogP contribution in [0.25, 0.3) is 0 Å². The highest BCUT2D eigenvalue weighted by atomic mass is 16.6. The van der Waals surface area contributed by atoms with Gasteiger partial charge in [0, 0.05) is 0 Å². The number of ether oxygens (including phenoxy) is 3. The number of rotatable bonds is 4. The zero-order chi connectivity index (χ0) is 17.9. The van der Waals surface area contributed by atoms with Crippen molar-refractivity contribution >= 4 is 5.91 Å². The number of benzene rings is 2. The van der Waals surface area contributed by atoms with E-state index in [9.17, 15) is 9.90 Å². The Balaban J connectivity index is 1.34. The zero-order valence-electron chi connectivity index (χ0n) is 14.2. The molecule has 1 aliphatic heterocycles. The van der Waals surface area contributed by atoms with E-state index in [0.29, 0.717) is 30.1 Å². The second kappa shape index (κ2) is 7.25. The second-order valence-corrected chi connectivity index (χ2v) is 6.52. The first kappa shape index (κ1) is 16.7. The van der Waals surface area contributed by atoms with E-state index in [-0.39, 0.29) is 24.7 Å². The minimum atomic E-state index is -0.768. The van der Waals surface area contributed by atoms with Crippen LogP contribution in [-0.2, 0) is 4.79 Å². The van der Waals surface area contributed by atoms with E-state index in [4.69, 9.17) is 14.2 Å². The van der Waals surface area contributed by atoms with Gasteiger partial charge in [0.15, 0.2) is 11.5 Å². The minimum absolute atomic E-state index is 0.148. The molecule has 2 N–H and O–H groups in total. The average molecular weight is 355 g/mol. The lowest BCUT2D eigenvalue weighted by Crippen LogP contribution is -2.51. The van der Waals surface area contributed by atoms with E-state index >= 15 is 0 Å². The summed E-state index contributed by atoms with van der Waals surface area (Å²) in [6, 6.07) is 16.3. The number of aliphatic hydroxyl groups is 1. The Morgan fingerprint density at radius 3 is 2.58 bits per heavy atom. The molecule has 0 spiro atoms. The van der Waals surface area contributed by atoms with Crippen LogP contribution in [0.1, 0.15) is 12.8 Å². The molecule has 1 saturated carbocycles. The highest BCUT2D eigenvalue weighted by Crippen LogP contribution is 2.31. The van der Waals surface area contributed by atoms with Crippen molar-refractivity contribution in [2.24, 2.45) is 0 Å². The smallest absolute Gasteiger partial charge is 0.265 e. The molecule has 0 aromatic heterocycles. The van der Waals surface area contributed by atoms with E-state index in [1.807, 2.05) is 42.5 Å². The highest BCUT2D eigenvalue weighted by molar-refractivity contribution is 5.82. The van der Waals surface area contributed by atoms with Gasteiger partial charge in [0.25, 0.3) is 5.91 Å². The van der Waals surface area contributed by atoms with Gasteiger partial charge in [0.05, 0.1) is 6.04 Å². The maximum absolute atomic E-state index is 12.5. The van der Waals surface area contributed by atoms with Crippen molar-refractivity contribution < 1.29 is 24.1 Å². The summed E-state index contributed by atoms with van der Waals surface area (Å²) in [5.41, 5.74) is 0. The third-order valence-electron chi connectivity index (χ3n) is 4.71. The molecular formula is C20H21NO5. The van der Waals surface area contributed by atoms with Gasteiger partial charge in [0.2, 0.25) is 6.10 Å². The molecule has 0 saturated heterocycles. The molecule has 0 unspecified atom stereocenters. The second-order valence-electron chi connectivity index (χ2n) is 6.52. The Morgan fingerprint density at radius 1 is 1.04 bits per heavy atom. The molecular weight excluding hydrogens is 334 g/mol. The lowest BCUT2D eigenvalue weighted by molar-refractivity contribution is -0.132. The molecule has 1 heterocycles. The Labute approximate surface area is 151 Å². The van der Waals surface area contributed by atoms with Crippen molar-refractivity contribution in [3.05, 3.63) is 54.6 Å². The molecule has 6 heteroatoms. The van der Waals surface area contributed by atoms with Crippen molar-refractivity contribution in [1.29, 1.82) is 0 Å². The van der Waals surface area contributed by atoms with Crippen LogP contribution in [0.15, 0.2) is 54.6 Å². The first-order chi connectivity index (χ1) is 12.7. The standard InChI is InChI=1S/C20H21NO5/c22-19-14(10-11-17(19)25-13-6-2-1-3-7-13)21-20(23)18-12-24-15-8-4-5-9-16(15)26-18/h1-9,14,17-19,22H,10-12H2,(H,21,23)/t14-,17-,18+,19-/m0/s1. The predicted octanol–water partition coefficient (Wildman–Crippen LogP) is 1.91. The van der Waals surface area contributed by atoms with Crippen molar-refractivity contribution in [2.45, 2.75) is 37.2 Å². The van der Waals surface area contributed by atoms with Crippen LogP contribution in [0.5, 0.6) is 17.2 Å². The van der Waals surface area contributed by atoms with Crippen LogP contribution in [0, 0.1) is 0 Å². The molecule has 1 fully saturated rings. The van der Waals surface area contributed by atoms with E-state index in [0.717, 1.165) is 0 Å². The molecule has 4 atom stereocenters. The molecule has 2 aliphatic rings. The zero-order valence-corrected chi connectivity index (χ0v) is 14.2. The van der Waals surface area contributed by atoms with Crippen LogP contribution >= 0.6 is 0 Å². The quantitative estimate of drug-likeness (QED) is 0.876. The van der Waals surface area contributed by atoms with Crippen LogP contribution < -0.4 is 19.5 Å². The van der Waals surface area contributed by atoms with Crippen molar-refractivity contribution in [3.63, 3.8) is 0 Å². The molecule has 2 aromatic carbocycles. The maximum Gasteiger partial charge on any atom is 0.265 e. The van der Waals surface area contributed by atoms with E-state index in [1.54, 1.807) is 12.1 Å².